The quantitative estimate of drug-likeness (QED) is 0.754. The van der Waals surface area contributed by atoms with Gasteiger partial charge in [0.05, 0.1) is 0 Å². The maximum absolute atomic E-state index is 11.8. The Morgan fingerprint density at radius 1 is 1.33 bits per heavy atom. The van der Waals surface area contributed by atoms with Gasteiger partial charge in [-0.25, -0.2) is 0 Å². The summed E-state index contributed by atoms with van der Waals surface area (Å²) >= 11 is 4.85. The van der Waals surface area contributed by atoms with Crippen LogP contribution in [-0.2, 0) is 0 Å². The fraction of sp³-hybridized carbons (Fsp3) is 0.385. The van der Waals surface area contributed by atoms with E-state index in [-0.39, 0.29) is 5.91 Å². The molecule has 0 spiro atoms. The number of thiocarbonyl (C=S) groups is 1. The molecule has 0 saturated carbocycles. The Hall–Kier alpha value is -1.46. The molecule has 1 amide bonds. The van der Waals surface area contributed by atoms with Gasteiger partial charge in [0, 0.05) is 24.2 Å². The van der Waals surface area contributed by atoms with Gasteiger partial charge in [0.1, 0.15) is 4.99 Å². The third kappa shape index (κ3) is 4.43. The van der Waals surface area contributed by atoms with Crippen LogP contribution in [0.1, 0.15) is 22.8 Å². The topological polar surface area (TPSA) is 58.4 Å². The van der Waals surface area contributed by atoms with Gasteiger partial charge < -0.3 is 16.0 Å². The van der Waals surface area contributed by atoms with E-state index >= 15 is 0 Å². The summed E-state index contributed by atoms with van der Waals surface area (Å²) in [6, 6.07) is 6.98. The zero-order valence-electron chi connectivity index (χ0n) is 10.8. The molecule has 1 rings (SSSR count). The second-order valence-corrected chi connectivity index (χ2v) is 4.53. The summed E-state index contributed by atoms with van der Waals surface area (Å²) < 4.78 is 0. The Bertz CT molecular complexity index is 417. The number of carbonyl (C=O) groups is 1. The standard InChI is InChI=1S/C13H19N3OS/c1-3-16(2)9-8-15-13(17)11-6-4-10(5-7-11)12(14)18/h4-7H,3,8-9H2,1-2H3,(H2,14,18)(H,15,17). The molecular weight excluding hydrogens is 246 g/mol. The lowest BCUT2D eigenvalue weighted by Crippen LogP contribution is -2.32. The van der Waals surface area contributed by atoms with Crippen molar-refractivity contribution < 1.29 is 4.79 Å². The Morgan fingerprint density at radius 2 is 1.89 bits per heavy atom. The lowest BCUT2D eigenvalue weighted by molar-refractivity contribution is 0.0950. The molecule has 0 heterocycles. The Balaban J connectivity index is 2.49. The summed E-state index contributed by atoms with van der Waals surface area (Å²) in [6.45, 7) is 4.53. The van der Waals surface area contributed by atoms with Crippen molar-refractivity contribution in [2.24, 2.45) is 5.73 Å². The van der Waals surface area contributed by atoms with Gasteiger partial charge in [0.15, 0.2) is 0 Å². The van der Waals surface area contributed by atoms with E-state index in [0.717, 1.165) is 18.7 Å². The van der Waals surface area contributed by atoms with E-state index in [4.69, 9.17) is 18.0 Å². The summed E-state index contributed by atoms with van der Waals surface area (Å²) in [7, 11) is 2.02. The van der Waals surface area contributed by atoms with Gasteiger partial charge in [0.2, 0.25) is 0 Å². The molecule has 0 aromatic heterocycles. The van der Waals surface area contributed by atoms with Gasteiger partial charge in [-0.1, -0.05) is 31.3 Å². The van der Waals surface area contributed by atoms with Gasteiger partial charge in [-0.05, 0) is 25.7 Å². The molecule has 4 nitrogen and oxygen atoms in total. The normalized spacial score (nSPS) is 10.4. The van der Waals surface area contributed by atoms with Crippen molar-refractivity contribution in [2.75, 3.05) is 26.7 Å². The molecule has 0 aliphatic carbocycles. The molecule has 5 heteroatoms. The Labute approximate surface area is 113 Å². The number of hydrogen-bond acceptors (Lipinski definition) is 3. The second-order valence-electron chi connectivity index (χ2n) is 4.09. The van der Waals surface area contributed by atoms with E-state index in [1.165, 1.54) is 0 Å². The summed E-state index contributed by atoms with van der Waals surface area (Å²) in [5.74, 6) is -0.0750. The number of carbonyl (C=O) groups excluding carboxylic acids is 1. The molecule has 0 fully saturated rings. The number of hydrogen-bond donors (Lipinski definition) is 2. The van der Waals surface area contributed by atoms with E-state index in [1.807, 2.05) is 7.05 Å². The Kier molecular flexibility index (Phi) is 5.74. The summed E-state index contributed by atoms with van der Waals surface area (Å²) in [5.41, 5.74) is 6.88. The van der Waals surface area contributed by atoms with E-state index < -0.39 is 0 Å². The first-order valence-electron chi connectivity index (χ1n) is 5.91. The van der Waals surface area contributed by atoms with Gasteiger partial charge >= 0.3 is 0 Å². The van der Waals surface area contributed by atoms with Crippen molar-refractivity contribution in [1.29, 1.82) is 0 Å². The average molecular weight is 265 g/mol. The van der Waals surface area contributed by atoms with Crippen LogP contribution in [0.2, 0.25) is 0 Å². The first-order valence-corrected chi connectivity index (χ1v) is 6.32. The molecule has 3 N–H and O–H groups in total. The van der Waals surface area contributed by atoms with Crippen LogP contribution in [0.25, 0.3) is 0 Å². The zero-order chi connectivity index (χ0) is 13.5. The summed E-state index contributed by atoms with van der Waals surface area (Å²) in [4.78, 5) is 14.3. The van der Waals surface area contributed by atoms with Crippen LogP contribution in [-0.4, -0.2) is 42.5 Å². The minimum absolute atomic E-state index is 0.0750. The lowest BCUT2D eigenvalue weighted by atomic mass is 10.1. The average Bonchev–Trinajstić information content (AvgIpc) is 2.38. The number of amides is 1. The predicted octanol–water partition coefficient (Wildman–Crippen LogP) is 1.00. The minimum atomic E-state index is -0.0750. The number of nitrogens with one attached hydrogen (secondary N) is 1. The molecule has 98 valence electrons. The van der Waals surface area contributed by atoms with Crippen LogP contribution < -0.4 is 11.1 Å². The van der Waals surface area contributed by atoms with E-state index in [0.29, 0.717) is 17.1 Å². The number of nitrogens with zero attached hydrogens (tertiary/aromatic N) is 1. The lowest BCUT2D eigenvalue weighted by Gasteiger charge is -2.14. The highest BCUT2D eigenvalue weighted by atomic mass is 32.1. The van der Waals surface area contributed by atoms with Crippen LogP contribution in [0, 0.1) is 0 Å². The number of nitrogens with two attached hydrogens (primary N) is 1. The molecule has 0 aliphatic rings. The fourth-order valence-corrected chi connectivity index (χ4v) is 1.54. The Morgan fingerprint density at radius 3 is 2.39 bits per heavy atom. The van der Waals surface area contributed by atoms with Gasteiger partial charge in [-0.2, -0.15) is 0 Å². The predicted molar refractivity (Wildman–Crippen MR) is 77.8 cm³/mol. The molecule has 0 aliphatic heterocycles. The van der Waals surface area contributed by atoms with Crippen LogP contribution in [0.4, 0.5) is 0 Å². The summed E-state index contributed by atoms with van der Waals surface area (Å²) in [5, 5.41) is 2.87. The number of benzene rings is 1. The molecule has 0 bridgehead atoms. The zero-order valence-corrected chi connectivity index (χ0v) is 11.6. The SMILES string of the molecule is CCN(C)CCNC(=O)c1ccc(C(N)=S)cc1. The summed E-state index contributed by atoms with van der Waals surface area (Å²) in [6.07, 6.45) is 0. The van der Waals surface area contributed by atoms with Crippen molar-refractivity contribution in [3.8, 4) is 0 Å². The molecule has 0 unspecified atom stereocenters. The molecule has 0 saturated heterocycles. The van der Waals surface area contributed by atoms with Crippen molar-refractivity contribution in [1.82, 2.24) is 10.2 Å². The molecule has 1 aromatic carbocycles. The van der Waals surface area contributed by atoms with Crippen molar-refractivity contribution in [3.05, 3.63) is 35.4 Å². The molecule has 18 heavy (non-hydrogen) atoms. The first-order chi connectivity index (χ1) is 8.54. The molecule has 0 radical (unpaired) electrons. The highest BCUT2D eigenvalue weighted by Crippen LogP contribution is 2.04. The third-order valence-electron chi connectivity index (χ3n) is 2.75. The molecule has 1 aromatic rings. The monoisotopic (exact) mass is 265 g/mol. The second kappa shape index (κ2) is 7.08. The van der Waals surface area contributed by atoms with Gasteiger partial charge in [-0.15, -0.1) is 0 Å². The minimum Gasteiger partial charge on any atom is -0.389 e. The van der Waals surface area contributed by atoms with Crippen molar-refractivity contribution >= 4 is 23.1 Å². The van der Waals surface area contributed by atoms with Crippen molar-refractivity contribution in [2.45, 2.75) is 6.92 Å². The molecular formula is C13H19N3OS. The molecule has 0 atom stereocenters. The van der Waals surface area contributed by atoms with Crippen LogP contribution in [0.3, 0.4) is 0 Å². The highest BCUT2D eigenvalue weighted by molar-refractivity contribution is 7.80. The van der Waals surface area contributed by atoms with Crippen LogP contribution >= 0.6 is 12.2 Å². The largest absolute Gasteiger partial charge is 0.389 e. The maximum atomic E-state index is 11.8. The van der Waals surface area contributed by atoms with E-state index in [1.54, 1.807) is 24.3 Å². The van der Waals surface area contributed by atoms with Gasteiger partial charge in [-0.3, -0.25) is 4.79 Å². The third-order valence-corrected chi connectivity index (χ3v) is 2.99. The highest BCUT2D eigenvalue weighted by Gasteiger charge is 2.05. The smallest absolute Gasteiger partial charge is 0.251 e. The number of rotatable bonds is 6. The number of likely N-dealkylation sites (N-methyl/N-ethyl adjacent to an activating group) is 1. The maximum Gasteiger partial charge on any atom is 0.251 e. The van der Waals surface area contributed by atoms with Gasteiger partial charge in [0.25, 0.3) is 5.91 Å². The fourth-order valence-electron chi connectivity index (χ4n) is 1.41. The first kappa shape index (κ1) is 14.6. The van der Waals surface area contributed by atoms with Crippen LogP contribution in [0.5, 0.6) is 0 Å². The van der Waals surface area contributed by atoms with Crippen molar-refractivity contribution in [3.63, 3.8) is 0 Å². The van der Waals surface area contributed by atoms with Crippen LogP contribution in [0.15, 0.2) is 24.3 Å². The van der Waals surface area contributed by atoms with E-state index in [2.05, 4.69) is 17.1 Å². The van der Waals surface area contributed by atoms with E-state index in [9.17, 15) is 4.79 Å².